The minimum atomic E-state index is -0.473. The number of hydrazine groups is 1. The normalized spacial score (nSPS) is 12.4. The van der Waals surface area contributed by atoms with E-state index in [1.165, 1.54) is 6.07 Å². The quantitative estimate of drug-likeness (QED) is 0.650. The third kappa shape index (κ3) is 3.31. The molecule has 0 amide bonds. The van der Waals surface area contributed by atoms with Crippen molar-refractivity contribution in [3.8, 4) is 5.75 Å². The first-order valence-corrected chi connectivity index (χ1v) is 6.44. The zero-order valence-electron chi connectivity index (χ0n) is 11.5. The van der Waals surface area contributed by atoms with Crippen LogP contribution in [0.1, 0.15) is 31.0 Å². The Balaban J connectivity index is 2.35. The van der Waals surface area contributed by atoms with Crippen molar-refractivity contribution in [1.29, 1.82) is 0 Å². The van der Waals surface area contributed by atoms with Crippen molar-refractivity contribution in [2.75, 3.05) is 0 Å². The molecule has 1 atom stereocenters. The Hall–Kier alpha value is -1.98. The highest BCUT2D eigenvalue weighted by Crippen LogP contribution is 2.25. The van der Waals surface area contributed by atoms with Crippen LogP contribution >= 0.6 is 0 Å². The summed E-state index contributed by atoms with van der Waals surface area (Å²) in [6.45, 7) is 3.87. The summed E-state index contributed by atoms with van der Waals surface area (Å²) < 4.78 is 19.5. The third-order valence-corrected chi connectivity index (χ3v) is 2.82. The smallest absolute Gasteiger partial charge is 0.138 e. The van der Waals surface area contributed by atoms with Gasteiger partial charge in [0.2, 0.25) is 0 Å². The standard InChI is InChI=1S/C15H18FN3O/c1-10(2)20-12-7-11(8-18-9-12)15(19-17)13-5-3-4-6-14(13)16/h3-10,15,19H,17H2,1-2H3. The molecule has 0 spiro atoms. The van der Waals surface area contributed by atoms with Crippen LogP contribution in [0.5, 0.6) is 5.75 Å². The average molecular weight is 275 g/mol. The molecule has 2 aromatic rings. The van der Waals surface area contributed by atoms with Crippen LogP contribution in [-0.4, -0.2) is 11.1 Å². The summed E-state index contributed by atoms with van der Waals surface area (Å²) >= 11 is 0. The number of rotatable bonds is 5. The second-order valence-corrected chi connectivity index (χ2v) is 4.74. The molecule has 0 fully saturated rings. The maximum atomic E-state index is 13.9. The highest BCUT2D eigenvalue weighted by atomic mass is 19.1. The Morgan fingerprint density at radius 3 is 2.65 bits per heavy atom. The van der Waals surface area contributed by atoms with Crippen LogP contribution in [-0.2, 0) is 0 Å². The van der Waals surface area contributed by atoms with Gasteiger partial charge in [-0.25, -0.2) is 9.82 Å². The van der Waals surface area contributed by atoms with Gasteiger partial charge in [-0.1, -0.05) is 18.2 Å². The second kappa shape index (κ2) is 6.45. The molecule has 0 saturated carbocycles. The number of aromatic nitrogens is 1. The number of nitrogens with one attached hydrogen (secondary N) is 1. The van der Waals surface area contributed by atoms with E-state index in [4.69, 9.17) is 10.6 Å². The molecular formula is C15H18FN3O. The van der Waals surface area contributed by atoms with Crippen LogP contribution in [0.4, 0.5) is 4.39 Å². The van der Waals surface area contributed by atoms with E-state index in [9.17, 15) is 4.39 Å². The predicted octanol–water partition coefficient (Wildman–Crippen LogP) is 2.56. The SMILES string of the molecule is CC(C)Oc1cncc(C(NN)c2ccccc2F)c1. The lowest BCUT2D eigenvalue weighted by Crippen LogP contribution is -2.29. The molecule has 2 rings (SSSR count). The van der Waals surface area contributed by atoms with E-state index in [0.29, 0.717) is 11.3 Å². The first-order chi connectivity index (χ1) is 9.61. The van der Waals surface area contributed by atoms with Gasteiger partial charge in [0.05, 0.1) is 18.3 Å². The fraction of sp³-hybridized carbons (Fsp3) is 0.267. The molecule has 0 bridgehead atoms. The molecular weight excluding hydrogens is 257 g/mol. The van der Waals surface area contributed by atoms with Crippen molar-refractivity contribution in [2.45, 2.75) is 26.0 Å². The van der Waals surface area contributed by atoms with E-state index in [-0.39, 0.29) is 11.9 Å². The van der Waals surface area contributed by atoms with Gasteiger partial charge in [0.1, 0.15) is 11.6 Å². The molecule has 0 aliphatic rings. The zero-order valence-corrected chi connectivity index (χ0v) is 11.5. The van der Waals surface area contributed by atoms with E-state index in [1.54, 1.807) is 30.6 Å². The van der Waals surface area contributed by atoms with E-state index in [1.807, 2.05) is 19.9 Å². The van der Waals surface area contributed by atoms with Gasteiger partial charge in [-0.3, -0.25) is 10.8 Å². The highest BCUT2D eigenvalue weighted by Gasteiger charge is 2.17. The molecule has 106 valence electrons. The van der Waals surface area contributed by atoms with Crippen molar-refractivity contribution in [3.05, 3.63) is 59.7 Å². The van der Waals surface area contributed by atoms with E-state index >= 15 is 0 Å². The molecule has 3 N–H and O–H groups in total. The Morgan fingerprint density at radius 2 is 2.00 bits per heavy atom. The minimum Gasteiger partial charge on any atom is -0.489 e. The van der Waals surface area contributed by atoms with Gasteiger partial charge in [-0.2, -0.15) is 0 Å². The van der Waals surface area contributed by atoms with Gasteiger partial charge >= 0.3 is 0 Å². The summed E-state index contributed by atoms with van der Waals surface area (Å²) in [6.07, 6.45) is 3.31. The number of hydrogen-bond donors (Lipinski definition) is 2. The molecule has 1 unspecified atom stereocenters. The lowest BCUT2D eigenvalue weighted by Gasteiger charge is -2.18. The van der Waals surface area contributed by atoms with Gasteiger partial charge < -0.3 is 4.74 Å². The molecule has 20 heavy (non-hydrogen) atoms. The van der Waals surface area contributed by atoms with Crippen molar-refractivity contribution < 1.29 is 9.13 Å². The van der Waals surface area contributed by atoms with Gasteiger partial charge in [-0.05, 0) is 31.5 Å². The third-order valence-electron chi connectivity index (χ3n) is 2.82. The van der Waals surface area contributed by atoms with Crippen LogP contribution in [0.3, 0.4) is 0 Å². The van der Waals surface area contributed by atoms with Crippen LogP contribution in [0.2, 0.25) is 0 Å². The average Bonchev–Trinajstić information content (AvgIpc) is 2.41. The van der Waals surface area contributed by atoms with Crippen molar-refractivity contribution in [2.24, 2.45) is 5.84 Å². The highest BCUT2D eigenvalue weighted by molar-refractivity contribution is 5.34. The molecule has 0 aliphatic carbocycles. The molecule has 0 radical (unpaired) electrons. The largest absolute Gasteiger partial charge is 0.489 e. The second-order valence-electron chi connectivity index (χ2n) is 4.74. The fourth-order valence-corrected chi connectivity index (χ4v) is 2.00. The van der Waals surface area contributed by atoms with Gasteiger partial charge in [0, 0.05) is 11.8 Å². The Bertz CT molecular complexity index is 575. The summed E-state index contributed by atoms with van der Waals surface area (Å²) in [5, 5.41) is 0. The van der Waals surface area contributed by atoms with Gasteiger partial charge in [-0.15, -0.1) is 0 Å². The molecule has 4 nitrogen and oxygen atoms in total. The van der Waals surface area contributed by atoms with E-state index < -0.39 is 6.04 Å². The van der Waals surface area contributed by atoms with Crippen LogP contribution in [0, 0.1) is 5.82 Å². The number of nitrogens with two attached hydrogens (primary N) is 1. The lowest BCUT2D eigenvalue weighted by atomic mass is 10.0. The van der Waals surface area contributed by atoms with Gasteiger partial charge in [0.25, 0.3) is 0 Å². The molecule has 1 heterocycles. The van der Waals surface area contributed by atoms with Crippen LogP contribution in [0.25, 0.3) is 0 Å². The lowest BCUT2D eigenvalue weighted by molar-refractivity contribution is 0.241. The van der Waals surface area contributed by atoms with Crippen molar-refractivity contribution >= 4 is 0 Å². The summed E-state index contributed by atoms with van der Waals surface area (Å²) in [7, 11) is 0. The molecule has 1 aromatic heterocycles. The first kappa shape index (κ1) is 14.4. The maximum absolute atomic E-state index is 13.9. The molecule has 0 aliphatic heterocycles. The fourth-order valence-electron chi connectivity index (χ4n) is 2.00. The number of ether oxygens (including phenoxy) is 1. The van der Waals surface area contributed by atoms with Crippen molar-refractivity contribution in [3.63, 3.8) is 0 Å². The van der Waals surface area contributed by atoms with Gasteiger partial charge in [0.15, 0.2) is 0 Å². The monoisotopic (exact) mass is 275 g/mol. The Labute approximate surface area is 117 Å². The minimum absolute atomic E-state index is 0.0461. The molecule has 0 saturated heterocycles. The summed E-state index contributed by atoms with van der Waals surface area (Å²) in [5.74, 6) is 5.89. The molecule has 5 heteroatoms. The Morgan fingerprint density at radius 1 is 1.25 bits per heavy atom. The zero-order chi connectivity index (χ0) is 14.5. The van der Waals surface area contributed by atoms with E-state index in [0.717, 1.165) is 5.56 Å². The van der Waals surface area contributed by atoms with Crippen molar-refractivity contribution in [1.82, 2.24) is 10.4 Å². The van der Waals surface area contributed by atoms with E-state index in [2.05, 4.69) is 10.4 Å². The number of halogens is 1. The molecule has 1 aromatic carbocycles. The summed E-state index contributed by atoms with van der Waals surface area (Å²) in [5.41, 5.74) is 3.84. The van der Waals surface area contributed by atoms with Crippen LogP contribution < -0.4 is 16.0 Å². The number of hydrogen-bond acceptors (Lipinski definition) is 4. The maximum Gasteiger partial charge on any atom is 0.138 e. The number of benzene rings is 1. The topological polar surface area (TPSA) is 60.2 Å². The number of nitrogens with zero attached hydrogens (tertiary/aromatic N) is 1. The van der Waals surface area contributed by atoms with Crippen LogP contribution in [0.15, 0.2) is 42.7 Å². The summed E-state index contributed by atoms with van der Waals surface area (Å²) in [4.78, 5) is 4.12. The summed E-state index contributed by atoms with van der Waals surface area (Å²) in [6, 6.07) is 7.84. The Kier molecular flexibility index (Phi) is 4.65. The number of pyridine rings is 1. The predicted molar refractivity (Wildman–Crippen MR) is 75.6 cm³/mol. The first-order valence-electron chi connectivity index (χ1n) is 6.44.